The van der Waals surface area contributed by atoms with Gasteiger partial charge in [0.2, 0.25) is 6.79 Å². The third-order valence-corrected chi connectivity index (χ3v) is 4.74. The highest BCUT2D eigenvalue weighted by molar-refractivity contribution is 6.33. The molecule has 0 saturated heterocycles. The predicted molar refractivity (Wildman–Crippen MR) is 101 cm³/mol. The molecule has 0 bridgehead atoms. The Kier molecular flexibility index (Phi) is 4.73. The number of halogens is 1. The number of carbonyl (C=O) groups is 1. The normalized spacial score (nSPS) is 12.2. The molecule has 138 valence electrons. The van der Waals surface area contributed by atoms with E-state index < -0.39 is 0 Å². The van der Waals surface area contributed by atoms with Gasteiger partial charge in [-0.3, -0.25) is 4.79 Å². The van der Waals surface area contributed by atoms with Gasteiger partial charge in [-0.05, 0) is 30.2 Å². The molecule has 1 N–H and O–H groups in total. The molecule has 0 aliphatic carbocycles. The quantitative estimate of drug-likeness (QED) is 0.731. The number of carbonyl (C=O) groups excluding carboxylic acids is 1. The van der Waals surface area contributed by atoms with Gasteiger partial charge in [0, 0.05) is 6.54 Å². The smallest absolute Gasteiger partial charge is 0.256 e. The van der Waals surface area contributed by atoms with Gasteiger partial charge in [-0.15, -0.1) is 0 Å². The number of nitrogens with one attached hydrogen (secondary N) is 1. The van der Waals surface area contributed by atoms with E-state index in [1.165, 1.54) is 0 Å². The first-order valence-electron chi connectivity index (χ1n) is 8.55. The molecule has 0 saturated carbocycles. The van der Waals surface area contributed by atoms with E-state index >= 15 is 0 Å². The second-order valence-corrected chi connectivity index (χ2v) is 6.62. The molecule has 1 aliphatic heterocycles. The summed E-state index contributed by atoms with van der Waals surface area (Å²) >= 11 is 6.44. The van der Waals surface area contributed by atoms with Crippen LogP contribution in [0.25, 0.3) is 0 Å². The number of nitrogens with zero attached hydrogens (tertiary/aromatic N) is 2. The van der Waals surface area contributed by atoms with E-state index in [-0.39, 0.29) is 12.7 Å². The molecule has 3 aromatic rings. The molecule has 7 heteroatoms. The molecule has 4 rings (SSSR count). The Morgan fingerprint density at radius 2 is 1.93 bits per heavy atom. The van der Waals surface area contributed by atoms with Crippen LogP contribution >= 0.6 is 11.6 Å². The van der Waals surface area contributed by atoms with Crippen molar-refractivity contribution < 1.29 is 14.3 Å². The predicted octanol–water partition coefficient (Wildman–Crippen LogP) is 3.55. The summed E-state index contributed by atoms with van der Waals surface area (Å²) in [7, 11) is 0. The van der Waals surface area contributed by atoms with Crippen LogP contribution in [0.1, 0.15) is 27.2 Å². The summed E-state index contributed by atoms with van der Waals surface area (Å²) in [5.41, 5.74) is 2.97. The Labute approximate surface area is 161 Å². The highest BCUT2D eigenvalue weighted by atomic mass is 35.5. The molecule has 0 unspecified atom stereocenters. The van der Waals surface area contributed by atoms with Crippen molar-refractivity contribution in [1.82, 2.24) is 15.1 Å². The summed E-state index contributed by atoms with van der Waals surface area (Å²) < 4.78 is 12.3. The van der Waals surface area contributed by atoms with E-state index in [1.807, 2.05) is 48.5 Å². The monoisotopic (exact) mass is 383 g/mol. The first-order valence-corrected chi connectivity index (χ1v) is 8.93. The SMILES string of the molecule is Cc1nn(Cc2ccccc2)c(Cl)c1C(=O)NCc1ccc2c(c1)OCO2. The maximum atomic E-state index is 12.7. The molecule has 2 aromatic carbocycles. The van der Waals surface area contributed by atoms with Gasteiger partial charge in [-0.2, -0.15) is 5.10 Å². The van der Waals surface area contributed by atoms with E-state index in [9.17, 15) is 4.79 Å². The van der Waals surface area contributed by atoms with E-state index in [4.69, 9.17) is 21.1 Å². The molecule has 0 fully saturated rings. The number of aromatic nitrogens is 2. The maximum Gasteiger partial charge on any atom is 0.256 e. The van der Waals surface area contributed by atoms with Crippen LogP contribution in [0.15, 0.2) is 48.5 Å². The van der Waals surface area contributed by atoms with Gasteiger partial charge in [0.05, 0.1) is 17.8 Å². The number of amides is 1. The maximum absolute atomic E-state index is 12.7. The Balaban J connectivity index is 1.47. The molecule has 0 atom stereocenters. The second-order valence-electron chi connectivity index (χ2n) is 6.26. The third kappa shape index (κ3) is 3.61. The third-order valence-electron chi connectivity index (χ3n) is 4.36. The zero-order valence-corrected chi connectivity index (χ0v) is 15.5. The number of hydrogen-bond donors (Lipinski definition) is 1. The van der Waals surface area contributed by atoms with Crippen LogP contribution in [0, 0.1) is 6.92 Å². The minimum atomic E-state index is -0.255. The molecule has 1 amide bonds. The van der Waals surface area contributed by atoms with Crippen LogP contribution < -0.4 is 14.8 Å². The molecule has 6 nitrogen and oxygen atoms in total. The molecule has 2 heterocycles. The summed E-state index contributed by atoms with van der Waals surface area (Å²) in [5, 5.41) is 7.64. The van der Waals surface area contributed by atoms with E-state index in [2.05, 4.69) is 10.4 Å². The van der Waals surface area contributed by atoms with Gasteiger partial charge in [0.1, 0.15) is 5.15 Å². The molecule has 0 spiro atoms. The lowest BCUT2D eigenvalue weighted by Crippen LogP contribution is -2.23. The minimum absolute atomic E-state index is 0.223. The van der Waals surface area contributed by atoms with Crippen LogP contribution in [-0.4, -0.2) is 22.5 Å². The topological polar surface area (TPSA) is 65.4 Å². The van der Waals surface area contributed by atoms with Crippen LogP contribution in [0.4, 0.5) is 0 Å². The average molecular weight is 384 g/mol. The Morgan fingerprint density at radius 3 is 2.74 bits per heavy atom. The van der Waals surface area contributed by atoms with Crippen molar-refractivity contribution in [3.63, 3.8) is 0 Å². The zero-order valence-electron chi connectivity index (χ0n) is 14.7. The number of rotatable bonds is 5. The molecular weight excluding hydrogens is 366 g/mol. The lowest BCUT2D eigenvalue weighted by Gasteiger charge is -2.07. The zero-order chi connectivity index (χ0) is 18.8. The van der Waals surface area contributed by atoms with E-state index in [0.717, 1.165) is 11.1 Å². The van der Waals surface area contributed by atoms with Gasteiger partial charge in [0.15, 0.2) is 11.5 Å². The van der Waals surface area contributed by atoms with Gasteiger partial charge in [-0.25, -0.2) is 4.68 Å². The van der Waals surface area contributed by atoms with Gasteiger partial charge < -0.3 is 14.8 Å². The first kappa shape index (κ1) is 17.4. The lowest BCUT2D eigenvalue weighted by molar-refractivity contribution is 0.0950. The summed E-state index contributed by atoms with van der Waals surface area (Å²) in [5.74, 6) is 1.15. The Bertz CT molecular complexity index is 986. The van der Waals surface area contributed by atoms with E-state index in [0.29, 0.717) is 41.0 Å². The van der Waals surface area contributed by atoms with Crippen molar-refractivity contribution in [2.24, 2.45) is 0 Å². The van der Waals surface area contributed by atoms with Gasteiger partial charge >= 0.3 is 0 Å². The van der Waals surface area contributed by atoms with E-state index in [1.54, 1.807) is 11.6 Å². The number of aryl methyl sites for hydroxylation is 1. The van der Waals surface area contributed by atoms with Crippen LogP contribution in [0.2, 0.25) is 5.15 Å². The molecular formula is C20H18ClN3O3. The average Bonchev–Trinajstić information content (AvgIpc) is 3.24. The van der Waals surface area contributed by atoms with Crippen molar-refractivity contribution in [2.45, 2.75) is 20.0 Å². The molecule has 1 aliphatic rings. The minimum Gasteiger partial charge on any atom is -0.454 e. The highest BCUT2D eigenvalue weighted by Gasteiger charge is 2.20. The number of fused-ring (bicyclic) bond motifs is 1. The van der Waals surface area contributed by atoms with Crippen LogP contribution in [-0.2, 0) is 13.1 Å². The van der Waals surface area contributed by atoms with Gasteiger partial charge in [0.25, 0.3) is 5.91 Å². The fraction of sp³-hybridized carbons (Fsp3) is 0.200. The van der Waals surface area contributed by atoms with Crippen LogP contribution in [0.5, 0.6) is 11.5 Å². The Morgan fingerprint density at radius 1 is 1.15 bits per heavy atom. The lowest BCUT2D eigenvalue weighted by atomic mass is 10.2. The summed E-state index contributed by atoms with van der Waals surface area (Å²) in [6.45, 7) is 2.87. The number of benzene rings is 2. The fourth-order valence-corrected chi connectivity index (χ4v) is 3.31. The van der Waals surface area contributed by atoms with Gasteiger partial charge in [-0.1, -0.05) is 48.0 Å². The summed E-state index contributed by atoms with van der Waals surface area (Å²) in [4.78, 5) is 12.7. The summed E-state index contributed by atoms with van der Waals surface area (Å²) in [6.07, 6.45) is 0. The van der Waals surface area contributed by atoms with Crippen molar-refractivity contribution >= 4 is 17.5 Å². The largest absolute Gasteiger partial charge is 0.454 e. The second kappa shape index (κ2) is 7.32. The first-order chi connectivity index (χ1) is 13.1. The standard InChI is InChI=1S/C20H18ClN3O3/c1-13-18(19(21)24(23-13)11-14-5-3-2-4-6-14)20(25)22-10-15-7-8-16-17(9-15)27-12-26-16/h2-9H,10-12H2,1H3,(H,22,25). The fourth-order valence-electron chi connectivity index (χ4n) is 2.99. The van der Waals surface area contributed by atoms with Crippen LogP contribution in [0.3, 0.4) is 0 Å². The Hall–Kier alpha value is -2.99. The molecule has 27 heavy (non-hydrogen) atoms. The number of ether oxygens (including phenoxy) is 2. The summed E-state index contributed by atoms with van der Waals surface area (Å²) in [6, 6.07) is 15.4. The van der Waals surface area contributed by atoms with Crippen molar-refractivity contribution in [3.8, 4) is 11.5 Å². The number of hydrogen-bond acceptors (Lipinski definition) is 4. The van der Waals surface area contributed by atoms with Crippen molar-refractivity contribution in [2.75, 3.05) is 6.79 Å². The van der Waals surface area contributed by atoms with Crippen molar-refractivity contribution in [3.05, 3.63) is 76.1 Å². The van der Waals surface area contributed by atoms with Crippen molar-refractivity contribution in [1.29, 1.82) is 0 Å². The molecule has 0 radical (unpaired) electrons. The molecule has 1 aromatic heterocycles. The highest BCUT2D eigenvalue weighted by Crippen LogP contribution is 2.32.